The fraction of sp³-hybridized carbons (Fsp3) is 0.233. The lowest BCUT2D eigenvalue weighted by molar-refractivity contribution is -0.114. The van der Waals surface area contributed by atoms with Gasteiger partial charge in [0, 0.05) is 21.8 Å². The van der Waals surface area contributed by atoms with Crippen LogP contribution in [0.25, 0.3) is 6.08 Å². The summed E-state index contributed by atoms with van der Waals surface area (Å²) in [5.74, 6) is 0.230. The van der Waals surface area contributed by atoms with Gasteiger partial charge in [0.1, 0.15) is 0 Å². The molecule has 39 heavy (non-hydrogen) atoms. The maximum atomic E-state index is 13.5. The molecule has 1 aliphatic rings. The Balaban J connectivity index is 1.36. The molecule has 0 atom stereocenters. The summed E-state index contributed by atoms with van der Waals surface area (Å²) in [5, 5.41) is 15.8. The second kappa shape index (κ2) is 12.6. The summed E-state index contributed by atoms with van der Waals surface area (Å²) in [6, 6.07) is 23.3. The summed E-state index contributed by atoms with van der Waals surface area (Å²) in [6.45, 7) is 0.356. The van der Waals surface area contributed by atoms with E-state index in [1.54, 1.807) is 23.1 Å². The molecule has 5 rings (SSSR count). The van der Waals surface area contributed by atoms with Gasteiger partial charge in [0.25, 0.3) is 17.8 Å². The number of amides is 2. The van der Waals surface area contributed by atoms with Crippen LogP contribution in [0.4, 0.5) is 11.6 Å². The Morgan fingerprint density at radius 3 is 2.41 bits per heavy atom. The number of H-pyrrole nitrogens is 1. The molecule has 4 aromatic rings. The Labute approximate surface area is 235 Å². The van der Waals surface area contributed by atoms with Crippen molar-refractivity contribution in [3.8, 4) is 0 Å². The van der Waals surface area contributed by atoms with E-state index in [0.717, 1.165) is 21.3 Å². The molecule has 0 unspecified atom stereocenters. The Kier molecular flexibility index (Phi) is 8.58. The van der Waals surface area contributed by atoms with E-state index in [1.165, 1.54) is 37.7 Å². The quantitative estimate of drug-likeness (QED) is 0.230. The van der Waals surface area contributed by atoms with Crippen molar-refractivity contribution in [2.45, 2.75) is 44.6 Å². The predicted molar refractivity (Wildman–Crippen MR) is 155 cm³/mol. The molecule has 2 N–H and O–H groups in total. The van der Waals surface area contributed by atoms with Gasteiger partial charge >= 0.3 is 0 Å². The second-order valence-electron chi connectivity index (χ2n) is 9.59. The number of aromatic nitrogens is 4. The molecule has 3 aromatic carbocycles. The first-order chi connectivity index (χ1) is 19.1. The van der Waals surface area contributed by atoms with E-state index in [2.05, 4.69) is 54.0 Å². The van der Waals surface area contributed by atoms with Gasteiger partial charge in [0.15, 0.2) is 0 Å². The van der Waals surface area contributed by atoms with E-state index in [-0.39, 0.29) is 17.8 Å². The average Bonchev–Trinajstić information content (AvgIpc) is 3.49. The molecule has 1 aliphatic carbocycles. The van der Waals surface area contributed by atoms with Gasteiger partial charge in [-0.25, -0.2) is 0 Å². The van der Waals surface area contributed by atoms with Crippen molar-refractivity contribution in [2.24, 2.45) is 0 Å². The second-order valence-corrected chi connectivity index (χ2v) is 10.4. The van der Waals surface area contributed by atoms with Gasteiger partial charge in [-0.05, 0) is 77.1 Å². The van der Waals surface area contributed by atoms with Crippen LogP contribution in [0.1, 0.15) is 65.1 Å². The van der Waals surface area contributed by atoms with Crippen molar-refractivity contribution in [2.75, 3.05) is 10.2 Å². The molecule has 198 valence electrons. The lowest BCUT2D eigenvalue weighted by Gasteiger charge is -2.25. The summed E-state index contributed by atoms with van der Waals surface area (Å²) in [6.07, 6.45) is 9.74. The van der Waals surface area contributed by atoms with Gasteiger partial charge in [-0.3, -0.25) is 14.9 Å². The smallest absolute Gasteiger partial charge is 0.270 e. The lowest BCUT2D eigenvalue weighted by Crippen LogP contribution is -2.28. The van der Waals surface area contributed by atoms with Gasteiger partial charge < -0.3 is 4.90 Å². The Morgan fingerprint density at radius 2 is 1.72 bits per heavy atom. The Hall–Kier alpha value is -4.11. The largest absolute Gasteiger partial charge is 0.304 e. The number of carbonyl (C=O) groups excluding carboxylic acids is 2. The van der Waals surface area contributed by atoms with Crippen molar-refractivity contribution in [1.29, 1.82) is 0 Å². The monoisotopic (exact) mass is 584 g/mol. The highest BCUT2D eigenvalue weighted by molar-refractivity contribution is 9.10. The number of tetrazole rings is 1. The Bertz CT molecular complexity index is 1430. The summed E-state index contributed by atoms with van der Waals surface area (Å²) in [7, 11) is 0. The molecule has 1 saturated carbocycles. The van der Waals surface area contributed by atoms with Crippen LogP contribution in [0.2, 0.25) is 0 Å². The van der Waals surface area contributed by atoms with E-state index < -0.39 is 0 Å². The number of aromatic amines is 1. The molecular formula is C30H29BrN6O2. The van der Waals surface area contributed by atoms with Gasteiger partial charge in [0.05, 0.1) is 6.54 Å². The van der Waals surface area contributed by atoms with E-state index in [9.17, 15) is 9.59 Å². The summed E-state index contributed by atoms with van der Waals surface area (Å²) < 4.78 is 0.923. The van der Waals surface area contributed by atoms with Gasteiger partial charge in [-0.15, -0.1) is 5.10 Å². The number of hydrogen-bond donors (Lipinski definition) is 2. The van der Waals surface area contributed by atoms with Crippen molar-refractivity contribution in [3.63, 3.8) is 0 Å². The topological polar surface area (TPSA) is 104 Å². The maximum absolute atomic E-state index is 13.5. The summed E-state index contributed by atoms with van der Waals surface area (Å²) >= 11 is 3.54. The zero-order chi connectivity index (χ0) is 27.0. The molecule has 0 radical (unpaired) electrons. The lowest BCUT2D eigenvalue weighted by atomic mass is 9.84. The zero-order valence-electron chi connectivity index (χ0n) is 21.4. The molecule has 8 nitrogen and oxygen atoms in total. The Morgan fingerprint density at radius 1 is 0.974 bits per heavy atom. The molecule has 0 bridgehead atoms. The number of nitrogens with one attached hydrogen (secondary N) is 2. The van der Waals surface area contributed by atoms with Crippen LogP contribution in [0.15, 0.2) is 83.3 Å². The number of anilines is 2. The fourth-order valence-electron chi connectivity index (χ4n) is 4.85. The third kappa shape index (κ3) is 6.86. The molecular weight excluding hydrogens is 556 g/mol. The van der Waals surface area contributed by atoms with Crippen LogP contribution >= 0.6 is 15.9 Å². The van der Waals surface area contributed by atoms with E-state index in [4.69, 9.17) is 0 Å². The van der Waals surface area contributed by atoms with Gasteiger partial charge in [-0.2, -0.15) is 5.21 Å². The molecule has 0 aliphatic heterocycles. The van der Waals surface area contributed by atoms with Crippen LogP contribution in [0, 0.1) is 0 Å². The molecule has 1 fully saturated rings. The first kappa shape index (κ1) is 26.5. The first-order valence-electron chi connectivity index (χ1n) is 13.0. The van der Waals surface area contributed by atoms with Crippen LogP contribution in [0.5, 0.6) is 0 Å². The third-order valence-electron chi connectivity index (χ3n) is 6.99. The van der Waals surface area contributed by atoms with Crippen molar-refractivity contribution >= 4 is 45.5 Å². The molecule has 1 aromatic heterocycles. The van der Waals surface area contributed by atoms with Gasteiger partial charge in [-0.1, -0.05) is 82.8 Å². The van der Waals surface area contributed by atoms with E-state index in [0.29, 0.717) is 18.0 Å². The number of hydrogen-bond acceptors (Lipinski definition) is 5. The standard InChI is InChI=1S/C30H29BrN6O2/c31-27-9-5-4-8-24(27)16-19-28(38)37(26-17-14-23(15-18-26)22-6-2-1-3-7-22)20-21-10-12-25(13-11-21)29(39)32-30-33-35-36-34-30/h4-5,8-19,22H,1-3,6-7,20H2,(H2,32,33,34,35,36,39)/b19-16+. The van der Waals surface area contributed by atoms with Crippen molar-refractivity contribution < 1.29 is 9.59 Å². The molecule has 1 heterocycles. The number of benzene rings is 3. The zero-order valence-corrected chi connectivity index (χ0v) is 23.0. The normalized spacial score (nSPS) is 13.9. The third-order valence-corrected chi connectivity index (χ3v) is 7.71. The molecule has 2 amide bonds. The highest BCUT2D eigenvalue weighted by Gasteiger charge is 2.18. The summed E-state index contributed by atoms with van der Waals surface area (Å²) in [5.41, 5.74) is 4.44. The van der Waals surface area contributed by atoms with Crippen molar-refractivity contribution in [1.82, 2.24) is 20.6 Å². The minimum atomic E-state index is -0.342. The number of rotatable bonds is 8. The van der Waals surface area contributed by atoms with E-state index >= 15 is 0 Å². The van der Waals surface area contributed by atoms with Crippen LogP contribution in [-0.2, 0) is 11.3 Å². The summed E-state index contributed by atoms with van der Waals surface area (Å²) in [4.78, 5) is 27.7. The minimum Gasteiger partial charge on any atom is -0.304 e. The van der Waals surface area contributed by atoms with Gasteiger partial charge in [0.2, 0.25) is 0 Å². The number of nitrogens with zero attached hydrogens (tertiary/aromatic N) is 4. The highest BCUT2D eigenvalue weighted by Crippen LogP contribution is 2.33. The SMILES string of the molecule is O=C(Nc1nn[nH]n1)c1ccc(CN(C(=O)/C=C/c2ccccc2Br)c2ccc(C3CCCCC3)cc2)cc1. The van der Waals surface area contributed by atoms with Crippen LogP contribution < -0.4 is 10.2 Å². The maximum Gasteiger partial charge on any atom is 0.270 e. The predicted octanol–water partition coefficient (Wildman–Crippen LogP) is 6.51. The first-order valence-corrected chi connectivity index (χ1v) is 13.8. The van der Waals surface area contributed by atoms with Crippen molar-refractivity contribution in [3.05, 3.63) is 106 Å². The van der Waals surface area contributed by atoms with E-state index in [1.807, 2.05) is 54.6 Å². The number of carbonyl (C=O) groups is 2. The highest BCUT2D eigenvalue weighted by atomic mass is 79.9. The molecule has 0 spiro atoms. The number of halogens is 1. The van der Waals surface area contributed by atoms with Crippen LogP contribution in [0.3, 0.4) is 0 Å². The minimum absolute atomic E-state index is 0.106. The molecule has 0 saturated heterocycles. The molecule has 9 heteroatoms. The average molecular weight is 586 g/mol. The van der Waals surface area contributed by atoms with Crippen LogP contribution in [-0.4, -0.2) is 32.4 Å². The fourth-order valence-corrected chi connectivity index (χ4v) is 5.27.